The number of carbonyl (C=O) groups excluding carboxylic acids is 1. The summed E-state index contributed by atoms with van der Waals surface area (Å²) in [5.41, 5.74) is 8.62. The van der Waals surface area contributed by atoms with Gasteiger partial charge in [0.15, 0.2) is 6.10 Å². The fourth-order valence-electron chi connectivity index (χ4n) is 4.42. The number of benzene rings is 3. The van der Waals surface area contributed by atoms with Crippen LogP contribution in [-0.2, 0) is 11.2 Å². The van der Waals surface area contributed by atoms with Gasteiger partial charge in [0.1, 0.15) is 24.2 Å². The summed E-state index contributed by atoms with van der Waals surface area (Å²) in [4.78, 5) is 14.8. The fraction of sp³-hybridized carbons (Fsp3) is 0.345. The molecule has 3 unspecified atom stereocenters. The van der Waals surface area contributed by atoms with Gasteiger partial charge >= 0.3 is 0 Å². The van der Waals surface area contributed by atoms with Gasteiger partial charge in [0, 0.05) is 22.8 Å². The molecule has 0 aliphatic carbocycles. The lowest BCUT2D eigenvalue weighted by Gasteiger charge is -2.17. The Labute approximate surface area is 211 Å². The van der Waals surface area contributed by atoms with Gasteiger partial charge in [-0.1, -0.05) is 50.2 Å². The monoisotopic (exact) mass is 489 g/mol. The maximum Gasteiger partial charge on any atom is 0.258 e. The van der Waals surface area contributed by atoms with Crippen LogP contribution in [0, 0.1) is 5.92 Å². The molecule has 0 fully saturated rings. The number of ether oxygens (including phenoxy) is 2. The van der Waals surface area contributed by atoms with E-state index in [1.807, 2.05) is 67.6 Å². The van der Waals surface area contributed by atoms with Crippen molar-refractivity contribution in [1.82, 2.24) is 10.3 Å². The minimum atomic E-state index is -0.620. The first kappa shape index (κ1) is 25.5. The number of nitrogens with two attached hydrogens (primary N) is 1. The first-order chi connectivity index (χ1) is 17.4. The van der Waals surface area contributed by atoms with E-state index in [0.29, 0.717) is 24.6 Å². The highest BCUT2D eigenvalue weighted by Gasteiger charge is 2.15. The lowest BCUT2D eigenvalue weighted by molar-refractivity contribution is -0.124. The van der Waals surface area contributed by atoms with Crippen LogP contribution in [0.15, 0.2) is 66.7 Å². The number of aliphatic hydroxyl groups excluding tert-OH is 1. The molecule has 36 heavy (non-hydrogen) atoms. The zero-order valence-corrected chi connectivity index (χ0v) is 20.9. The number of para-hydroxylation sites is 1. The van der Waals surface area contributed by atoms with Gasteiger partial charge in [-0.2, -0.15) is 0 Å². The van der Waals surface area contributed by atoms with Gasteiger partial charge in [0.2, 0.25) is 0 Å². The lowest BCUT2D eigenvalue weighted by Crippen LogP contribution is -2.34. The first-order valence-electron chi connectivity index (χ1n) is 12.5. The summed E-state index contributed by atoms with van der Waals surface area (Å²) in [5.74, 6) is 1.33. The number of aliphatic hydroxyl groups is 1. The molecule has 3 aromatic carbocycles. The van der Waals surface area contributed by atoms with E-state index in [4.69, 9.17) is 15.2 Å². The lowest BCUT2D eigenvalue weighted by atomic mass is 10.0. The number of carbonyl (C=O) groups is 1. The van der Waals surface area contributed by atoms with Crippen LogP contribution in [0.4, 0.5) is 0 Å². The summed E-state index contributed by atoms with van der Waals surface area (Å²) in [5, 5.41) is 16.0. The molecule has 0 saturated carbocycles. The first-order valence-corrected chi connectivity index (χ1v) is 12.5. The molecule has 3 atom stereocenters. The van der Waals surface area contributed by atoms with Gasteiger partial charge in [-0.3, -0.25) is 4.79 Å². The van der Waals surface area contributed by atoms with Crippen LogP contribution in [0.3, 0.4) is 0 Å². The van der Waals surface area contributed by atoms with Crippen molar-refractivity contribution >= 4 is 27.7 Å². The number of rotatable bonds is 13. The Morgan fingerprint density at radius 1 is 1.03 bits per heavy atom. The smallest absolute Gasteiger partial charge is 0.258 e. The molecule has 5 N–H and O–H groups in total. The highest BCUT2D eigenvalue weighted by molar-refractivity contribution is 6.10. The molecule has 4 rings (SSSR count). The molecule has 0 saturated heterocycles. The van der Waals surface area contributed by atoms with E-state index in [1.165, 1.54) is 5.56 Å². The zero-order chi connectivity index (χ0) is 25.5. The quantitative estimate of drug-likeness (QED) is 0.225. The third-order valence-corrected chi connectivity index (χ3v) is 6.27. The fourth-order valence-corrected chi connectivity index (χ4v) is 4.42. The Balaban J connectivity index is 1.22. The van der Waals surface area contributed by atoms with Crippen LogP contribution in [0.25, 0.3) is 21.8 Å². The molecule has 1 amide bonds. The predicted octanol–water partition coefficient (Wildman–Crippen LogP) is 4.17. The van der Waals surface area contributed by atoms with Crippen LogP contribution >= 0.6 is 0 Å². The minimum absolute atomic E-state index is 0.214. The van der Waals surface area contributed by atoms with Gasteiger partial charge in [0.05, 0.1) is 5.52 Å². The Kier molecular flexibility index (Phi) is 8.46. The van der Waals surface area contributed by atoms with Crippen molar-refractivity contribution in [3.05, 3.63) is 72.3 Å². The van der Waals surface area contributed by atoms with Gasteiger partial charge in [-0.25, -0.2) is 0 Å². The standard InChI is InChI=1S/C29H35N3O4/c1-3-26(29(30)34)36-22-13-11-20(12-14-22)15-19(2)16-31-17-21(33)18-35-27-10-6-9-25-28(27)23-7-4-5-8-24(23)32-25/h4-14,19,21,26,31-33H,3,15-18H2,1-2H3,(H2,30,34). The second-order valence-electron chi connectivity index (χ2n) is 9.34. The van der Waals surface area contributed by atoms with E-state index in [9.17, 15) is 9.90 Å². The minimum Gasteiger partial charge on any atom is -0.490 e. The van der Waals surface area contributed by atoms with Crippen molar-refractivity contribution in [1.29, 1.82) is 0 Å². The van der Waals surface area contributed by atoms with E-state index < -0.39 is 18.1 Å². The largest absolute Gasteiger partial charge is 0.490 e. The number of primary amides is 1. The highest BCUT2D eigenvalue weighted by atomic mass is 16.5. The Hall–Kier alpha value is -3.55. The van der Waals surface area contributed by atoms with E-state index in [1.54, 1.807) is 0 Å². The molecule has 190 valence electrons. The average molecular weight is 490 g/mol. The van der Waals surface area contributed by atoms with Crippen molar-refractivity contribution in [3.63, 3.8) is 0 Å². The molecule has 0 bridgehead atoms. The maximum absolute atomic E-state index is 11.4. The van der Waals surface area contributed by atoms with Crippen molar-refractivity contribution in [2.24, 2.45) is 11.7 Å². The number of hydrogen-bond acceptors (Lipinski definition) is 5. The van der Waals surface area contributed by atoms with E-state index in [-0.39, 0.29) is 6.61 Å². The third-order valence-electron chi connectivity index (χ3n) is 6.27. The number of nitrogens with one attached hydrogen (secondary N) is 2. The van der Waals surface area contributed by atoms with Gasteiger partial charge in [-0.05, 0) is 61.2 Å². The zero-order valence-electron chi connectivity index (χ0n) is 20.9. The summed E-state index contributed by atoms with van der Waals surface area (Å²) in [6.07, 6.45) is 0.195. The number of H-pyrrole nitrogens is 1. The number of hydrogen-bond donors (Lipinski definition) is 4. The highest BCUT2D eigenvalue weighted by Crippen LogP contribution is 2.33. The maximum atomic E-state index is 11.4. The molecule has 4 aromatic rings. The van der Waals surface area contributed by atoms with Crippen LogP contribution in [-0.4, -0.2) is 47.9 Å². The molecule has 1 aromatic heterocycles. The Morgan fingerprint density at radius 2 is 1.78 bits per heavy atom. The van der Waals surface area contributed by atoms with E-state index in [2.05, 4.69) is 23.3 Å². The number of fused-ring (bicyclic) bond motifs is 3. The normalized spacial score (nSPS) is 14.0. The molecular weight excluding hydrogens is 454 g/mol. The summed E-state index contributed by atoms with van der Waals surface area (Å²) in [7, 11) is 0. The van der Waals surface area contributed by atoms with E-state index in [0.717, 1.165) is 40.5 Å². The van der Waals surface area contributed by atoms with Crippen LogP contribution in [0.2, 0.25) is 0 Å². The van der Waals surface area contributed by atoms with Gasteiger partial charge in [-0.15, -0.1) is 0 Å². The molecule has 0 aliphatic heterocycles. The summed E-state index contributed by atoms with van der Waals surface area (Å²) in [6.45, 7) is 5.47. The van der Waals surface area contributed by atoms with Gasteiger partial charge in [0.25, 0.3) is 5.91 Å². The molecule has 7 heteroatoms. The predicted molar refractivity (Wildman–Crippen MR) is 143 cm³/mol. The SMILES string of the molecule is CCC(Oc1ccc(CC(C)CNCC(O)COc2cccc3[nH]c4ccccc4c23)cc1)C(N)=O. The van der Waals surface area contributed by atoms with Crippen LogP contribution < -0.4 is 20.5 Å². The molecule has 0 spiro atoms. The summed E-state index contributed by atoms with van der Waals surface area (Å²) >= 11 is 0. The van der Waals surface area contributed by atoms with Crippen molar-refractivity contribution < 1.29 is 19.4 Å². The average Bonchev–Trinajstić information content (AvgIpc) is 3.26. The number of aromatic amines is 1. The molecule has 0 radical (unpaired) electrons. The second kappa shape index (κ2) is 11.9. The summed E-state index contributed by atoms with van der Waals surface area (Å²) in [6, 6.07) is 21.8. The topological polar surface area (TPSA) is 110 Å². The molecular formula is C29H35N3O4. The molecule has 0 aliphatic rings. The van der Waals surface area contributed by atoms with Crippen molar-refractivity contribution in [3.8, 4) is 11.5 Å². The van der Waals surface area contributed by atoms with Crippen LogP contribution in [0.5, 0.6) is 11.5 Å². The molecule has 7 nitrogen and oxygen atoms in total. The molecule has 1 heterocycles. The third kappa shape index (κ3) is 6.36. The second-order valence-corrected chi connectivity index (χ2v) is 9.34. The number of amides is 1. The Bertz CT molecular complexity index is 1280. The van der Waals surface area contributed by atoms with Gasteiger partial charge < -0.3 is 30.6 Å². The summed E-state index contributed by atoms with van der Waals surface area (Å²) < 4.78 is 11.7. The van der Waals surface area contributed by atoms with Crippen molar-refractivity contribution in [2.75, 3.05) is 19.7 Å². The Morgan fingerprint density at radius 3 is 2.53 bits per heavy atom. The number of aromatic nitrogens is 1. The van der Waals surface area contributed by atoms with E-state index >= 15 is 0 Å². The van der Waals surface area contributed by atoms with Crippen molar-refractivity contribution in [2.45, 2.75) is 38.9 Å². The van der Waals surface area contributed by atoms with Crippen LogP contribution in [0.1, 0.15) is 25.8 Å².